The van der Waals surface area contributed by atoms with Crippen molar-refractivity contribution in [2.75, 3.05) is 0 Å². The minimum atomic E-state index is -3.70. The van der Waals surface area contributed by atoms with Crippen LogP contribution >= 0.6 is 10.7 Å². The highest BCUT2D eigenvalue weighted by molar-refractivity contribution is 8.13. The molecule has 0 spiro atoms. The van der Waals surface area contributed by atoms with Crippen LogP contribution in [0.1, 0.15) is 16.7 Å². The van der Waals surface area contributed by atoms with E-state index in [4.69, 9.17) is 10.7 Å². The zero-order valence-corrected chi connectivity index (χ0v) is 12.6. The van der Waals surface area contributed by atoms with Crippen LogP contribution in [0.3, 0.4) is 0 Å². The molecule has 0 atom stereocenters. The number of hydrogen-bond acceptors (Lipinski definition) is 2. The molecule has 0 heterocycles. The van der Waals surface area contributed by atoms with E-state index in [-0.39, 0.29) is 4.90 Å². The second kappa shape index (κ2) is 4.99. The van der Waals surface area contributed by atoms with Crippen molar-refractivity contribution in [3.8, 4) is 11.1 Å². The van der Waals surface area contributed by atoms with Crippen molar-refractivity contribution in [1.29, 1.82) is 0 Å². The van der Waals surface area contributed by atoms with Gasteiger partial charge in [-0.3, -0.25) is 0 Å². The lowest BCUT2D eigenvalue weighted by atomic mass is 9.97. The Kier molecular flexibility index (Phi) is 3.70. The van der Waals surface area contributed by atoms with Gasteiger partial charge in [0.2, 0.25) is 0 Å². The minimum Gasteiger partial charge on any atom is -0.207 e. The number of aryl methyl sites for hydroxylation is 3. The summed E-state index contributed by atoms with van der Waals surface area (Å²) in [6.07, 6.45) is 0. The quantitative estimate of drug-likeness (QED) is 0.778. The van der Waals surface area contributed by atoms with Gasteiger partial charge in [-0.1, -0.05) is 24.3 Å². The van der Waals surface area contributed by atoms with Gasteiger partial charge in [0, 0.05) is 10.7 Å². The topological polar surface area (TPSA) is 34.1 Å². The zero-order chi connectivity index (χ0) is 14.2. The van der Waals surface area contributed by atoms with Gasteiger partial charge >= 0.3 is 0 Å². The van der Waals surface area contributed by atoms with E-state index in [0.29, 0.717) is 0 Å². The summed E-state index contributed by atoms with van der Waals surface area (Å²) in [7, 11) is 1.70. The van der Waals surface area contributed by atoms with Crippen molar-refractivity contribution in [2.45, 2.75) is 25.7 Å². The first-order valence-electron chi connectivity index (χ1n) is 5.92. The predicted octanol–water partition coefficient (Wildman–Crippen LogP) is 4.21. The van der Waals surface area contributed by atoms with Crippen LogP contribution in [0.2, 0.25) is 0 Å². The highest BCUT2D eigenvalue weighted by Gasteiger charge is 2.12. The van der Waals surface area contributed by atoms with Crippen molar-refractivity contribution in [3.05, 3.63) is 53.1 Å². The highest BCUT2D eigenvalue weighted by Crippen LogP contribution is 2.29. The molecule has 2 nitrogen and oxygen atoms in total. The molecule has 0 radical (unpaired) electrons. The summed E-state index contributed by atoms with van der Waals surface area (Å²) in [6, 6.07) is 11.0. The Balaban J connectivity index is 2.64. The smallest absolute Gasteiger partial charge is 0.207 e. The molecule has 0 bridgehead atoms. The molecule has 0 aliphatic carbocycles. The molecule has 100 valence electrons. The Hall–Kier alpha value is -1.32. The third kappa shape index (κ3) is 2.99. The second-order valence-corrected chi connectivity index (χ2v) is 7.28. The first-order valence-corrected chi connectivity index (χ1v) is 8.23. The first kappa shape index (κ1) is 14.1. The molecule has 0 aliphatic rings. The molecular formula is C15H15ClO2S. The molecule has 0 fully saturated rings. The highest BCUT2D eigenvalue weighted by atomic mass is 35.7. The lowest BCUT2D eigenvalue weighted by Crippen LogP contribution is -1.93. The van der Waals surface area contributed by atoms with Gasteiger partial charge in [-0.05, 0) is 60.7 Å². The molecule has 0 saturated heterocycles. The molecule has 4 heteroatoms. The van der Waals surface area contributed by atoms with E-state index < -0.39 is 9.05 Å². The van der Waals surface area contributed by atoms with Gasteiger partial charge in [0.05, 0.1) is 4.90 Å². The Labute approximate surface area is 118 Å². The summed E-state index contributed by atoms with van der Waals surface area (Å²) in [4.78, 5) is 0.132. The van der Waals surface area contributed by atoms with E-state index in [0.717, 1.165) is 16.7 Å². The SMILES string of the molecule is Cc1ccc(-c2cc(S(=O)(=O)Cl)ccc2C)cc1C. The van der Waals surface area contributed by atoms with Crippen LogP contribution < -0.4 is 0 Å². The summed E-state index contributed by atoms with van der Waals surface area (Å²) in [5, 5.41) is 0. The Morgan fingerprint density at radius 3 is 2.05 bits per heavy atom. The van der Waals surface area contributed by atoms with E-state index in [1.807, 2.05) is 32.9 Å². The number of hydrogen-bond donors (Lipinski definition) is 0. The normalized spacial score (nSPS) is 11.6. The Morgan fingerprint density at radius 1 is 0.842 bits per heavy atom. The Bertz CT molecular complexity index is 734. The van der Waals surface area contributed by atoms with E-state index in [2.05, 4.69) is 6.07 Å². The fraction of sp³-hybridized carbons (Fsp3) is 0.200. The lowest BCUT2D eigenvalue weighted by Gasteiger charge is -2.10. The molecule has 0 aromatic heterocycles. The Morgan fingerprint density at radius 2 is 1.47 bits per heavy atom. The van der Waals surface area contributed by atoms with Crippen LogP contribution in [0.25, 0.3) is 11.1 Å². The summed E-state index contributed by atoms with van der Waals surface area (Å²) < 4.78 is 22.8. The fourth-order valence-electron chi connectivity index (χ4n) is 1.97. The molecule has 0 saturated carbocycles. The third-order valence-corrected chi connectivity index (χ3v) is 4.66. The van der Waals surface area contributed by atoms with Gasteiger partial charge in [-0.15, -0.1) is 0 Å². The summed E-state index contributed by atoms with van der Waals surface area (Å²) in [5.74, 6) is 0. The zero-order valence-electron chi connectivity index (χ0n) is 11.1. The van der Waals surface area contributed by atoms with Gasteiger partial charge in [-0.2, -0.15) is 0 Å². The average Bonchev–Trinajstić information content (AvgIpc) is 2.32. The number of rotatable bonds is 2. The molecule has 2 aromatic rings. The summed E-state index contributed by atoms with van der Waals surface area (Å²) in [5.41, 5.74) is 5.30. The lowest BCUT2D eigenvalue weighted by molar-refractivity contribution is 0.609. The fourth-order valence-corrected chi connectivity index (χ4v) is 2.75. The van der Waals surface area contributed by atoms with Gasteiger partial charge in [-0.25, -0.2) is 8.42 Å². The van der Waals surface area contributed by atoms with Crippen molar-refractivity contribution in [1.82, 2.24) is 0 Å². The van der Waals surface area contributed by atoms with Gasteiger partial charge in [0.1, 0.15) is 0 Å². The van der Waals surface area contributed by atoms with Gasteiger partial charge < -0.3 is 0 Å². The van der Waals surface area contributed by atoms with Gasteiger partial charge in [0.25, 0.3) is 9.05 Å². The minimum absolute atomic E-state index is 0.132. The number of benzene rings is 2. The van der Waals surface area contributed by atoms with Crippen LogP contribution in [-0.4, -0.2) is 8.42 Å². The van der Waals surface area contributed by atoms with Crippen LogP contribution in [0.15, 0.2) is 41.3 Å². The largest absolute Gasteiger partial charge is 0.261 e. The van der Waals surface area contributed by atoms with E-state index in [9.17, 15) is 8.42 Å². The molecule has 2 aromatic carbocycles. The summed E-state index contributed by atoms with van der Waals surface area (Å²) in [6.45, 7) is 6.04. The maximum absolute atomic E-state index is 11.4. The monoisotopic (exact) mass is 294 g/mol. The first-order chi connectivity index (χ1) is 8.79. The van der Waals surface area contributed by atoms with E-state index >= 15 is 0 Å². The summed E-state index contributed by atoms with van der Waals surface area (Å²) >= 11 is 0. The van der Waals surface area contributed by atoms with E-state index in [1.165, 1.54) is 17.2 Å². The molecule has 2 rings (SSSR count). The maximum Gasteiger partial charge on any atom is 0.261 e. The van der Waals surface area contributed by atoms with Crippen molar-refractivity contribution in [2.24, 2.45) is 0 Å². The van der Waals surface area contributed by atoms with E-state index in [1.54, 1.807) is 12.1 Å². The van der Waals surface area contributed by atoms with Crippen LogP contribution in [0, 0.1) is 20.8 Å². The number of halogens is 1. The average molecular weight is 295 g/mol. The second-order valence-electron chi connectivity index (χ2n) is 4.71. The molecule has 0 N–H and O–H groups in total. The molecule has 19 heavy (non-hydrogen) atoms. The third-order valence-electron chi connectivity index (χ3n) is 3.31. The van der Waals surface area contributed by atoms with Crippen LogP contribution in [0.5, 0.6) is 0 Å². The molecule has 0 aliphatic heterocycles. The van der Waals surface area contributed by atoms with Crippen molar-refractivity contribution < 1.29 is 8.42 Å². The van der Waals surface area contributed by atoms with Gasteiger partial charge in [0.15, 0.2) is 0 Å². The van der Waals surface area contributed by atoms with Crippen LogP contribution in [-0.2, 0) is 9.05 Å². The maximum atomic E-state index is 11.4. The molecule has 0 amide bonds. The molecular weight excluding hydrogens is 280 g/mol. The standard InChI is InChI=1S/C15H15ClO2S/c1-10-4-6-13(8-12(10)3)15-9-14(19(16,17)18)7-5-11(15)2/h4-9H,1-3H3. The molecule has 0 unspecified atom stereocenters. The van der Waals surface area contributed by atoms with Crippen LogP contribution in [0.4, 0.5) is 0 Å². The predicted molar refractivity (Wildman–Crippen MR) is 79.1 cm³/mol. The van der Waals surface area contributed by atoms with Crippen molar-refractivity contribution >= 4 is 19.7 Å². The van der Waals surface area contributed by atoms with Crippen molar-refractivity contribution in [3.63, 3.8) is 0 Å².